The van der Waals surface area contributed by atoms with Gasteiger partial charge in [-0.1, -0.05) is 34.4 Å². The number of aromatic nitrogens is 1. The number of benzene rings is 1. The molecule has 6 heteroatoms. The summed E-state index contributed by atoms with van der Waals surface area (Å²) in [6, 6.07) is 5.38. The van der Waals surface area contributed by atoms with Crippen LogP contribution in [0.5, 0.6) is 0 Å². The van der Waals surface area contributed by atoms with E-state index in [0.29, 0.717) is 22.4 Å². The van der Waals surface area contributed by atoms with Crippen LogP contribution in [0.3, 0.4) is 0 Å². The Labute approximate surface area is 143 Å². The molecule has 1 aromatic heterocycles. The number of rotatable bonds is 1. The molecule has 2 aromatic rings. The topological polar surface area (TPSA) is 55.1 Å². The van der Waals surface area contributed by atoms with Crippen LogP contribution in [0.15, 0.2) is 34.0 Å². The zero-order valence-corrected chi connectivity index (χ0v) is 14.0. The number of aryl methyl sites for hydroxylation is 1. The standard InChI is InChI=1S/C17H14Cl2N2O2/c1-8-14-15(10-6-5-9(18)7-11(10)19)16-12(3-2-4-13(16)22)20-17(14)23-21-8/h5-7,15,20H,2-4H2,1H3/t15-/m1/s1. The summed E-state index contributed by atoms with van der Waals surface area (Å²) >= 11 is 12.5. The van der Waals surface area contributed by atoms with E-state index in [9.17, 15) is 4.79 Å². The summed E-state index contributed by atoms with van der Waals surface area (Å²) < 4.78 is 5.41. The molecule has 2 heterocycles. The maximum atomic E-state index is 12.6. The third kappa shape index (κ3) is 2.28. The molecule has 1 N–H and O–H groups in total. The molecule has 4 nitrogen and oxygen atoms in total. The van der Waals surface area contributed by atoms with Crippen molar-refractivity contribution in [1.29, 1.82) is 0 Å². The lowest BCUT2D eigenvalue weighted by Gasteiger charge is -2.31. The molecule has 0 fully saturated rings. The first-order valence-corrected chi connectivity index (χ1v) is 8.26. The van der Waals surface area contributed by atoms with Gasteiger partial charge in [-0.25, -0.2) is 0 Å². The average molecular weight is 349 g/mol. The average Bonchev–Trinajstić information content (AvgIpc) is 2.87. The van der Waals surface area contributed by atoms with Gasteiger partial charge in [0.05, 0.1) is 11.3 Å². The fourth-order valence-electron chi connectivity index (χ4n) is 3.46. The second-order valence-electron chi connectivity index (χ2n) is 5.90. The first-order chi connectivity index (χ1) is 11.1. The summed E-state index contributed by atoms with van der Waals surface area (Å²) in [5.74, 6) is 0.498. The van der Waals surface area contributed by atoms with Crippen LogP contribution in [0.1, 0.15) is 42.0 Å². The maximum absolute atomic E-state index is 12.6. The molecule has 0 saturated heterocycles. The molecule has 4 rings (SSSR count). The Morgan fingerprint density at radius 2 is 2.13 bits per heavy atom. The number of Topliss-reactive ketones (excluding diaryl/α,β-unsaturated/α-hetero) is 1. The minimum atomic E-state index is -0.259. The van der Waals surface area contributed by atoms with Gasteiger partial charge >= 0.3 is 0 Å². The number of nitrogens with one attached hydrogen (secondary N) is 1. The predicted octanol–water partition coefficient (Wildman–Crippen LogP) is 4.85. The largest absolute Gasteiger partial charge is 0.338 e. The number of hydrogen-bond acceptors (Lipinski definition) is 4. The highest BCUT2D eigenvalue weighted by Gasteiger charge is 2.39. The van der Waals surface area contributed by atoms with Gasteiger partial charge in [0.1, 0.15) is 0 Å². The SMILES string of the molecule is Cc1noc2c1[C@@H](c1ccc(Cl)cc1Cl)C1=C(CCCC1=O)N2. The molecule has 0 spiro atoms. The Bertz CT molecular complexity index is 854. The van der Waals surface area contributed by atoms with Gasteiger partial charge in [-0.2, -0.15) is 0 Å². The molecule has 0 amide bonds. The number of allylic oxidation sites excluding steroid dienone is 2. The van der Waals surface area contributed by atoms with Gasteiger partial charge in [-0.15, -0.1) is 0 Å². The summed E-state index contributed by atoms with van der Waals surface area (Å²) in [5, 5.41) is 8.41. The summed E-state index contributed by atoms with van der Waals surface area (Å²) in [5.41, 5.74) is 4.18. The van der Waals surface area contributed by atoms with E-state index in [0.717, 1.165) is 40.9 Å². The lowest BCUT2D eigenvalue weighted by Crippen LogP contribution is -2.26. The number of hydrogen-bond donors (Lipinski definition) is 1. The zero-order valence-electron chi connectivity index (χ0n) is 12.5. The van der Waals surface area contributed by atoms with Gasteiger partial charge in [-0.3, -0.25) is 4.79 Å². The van der Waals surface area contributed by atoms with Crippen LogP contribution >= 0.6 is 23.2 Å². The highest BCUT2D eigenvalue weighted by atomic mass is 35.5. The minimum absolute atomic E-state index is 0.154. The normalized spacial score (nSPS) is 20.1. The number of ketones is 1. The number of carbonyl (C=O) groups excluding carboxylic acids is 1. The number of carbonyl (C=O) groups is 1. The quantitative estimate of drug-likeness (QED) is 0.799. The lowest BCUT2D eigenvalue weighted by atomic mass is 9.76. The number of fused-ring (bicyclic) bond motifs is 1. The third-order valence-electron chi connectivity index (χ3n) is 4.48. The Hall–Kier alpha value is -1.78. The van der Waals surface area contributed by atoms with Crippen molar-refractivity contribution in [1.82, 2.24) is 5.16 Å². The smallest absolute Gasteiger partial charge is 0.233 e. The van der Waals surface area contributed by atoms with Gasteiger partial charge in [0.2, 0.25) is 5.88 Å². The molecule has 1 aliphatic heterocycles. The highest BCUT2D eigenvalue weighted by molar-refractivity contribution is 6.35. The van der Waals surface area contributed by atoms with Gasteiger partial charge in [0.25, 0.3) is 0 Å². The molecule has 0 unspecified atom stereocenters. The van der Waals surface area contributed by atoms with Gasteiger partial charge in [0.15, 0.2) is 5.78 Å². The second-order valence-corrected chi connectivity index (χ2v) is 6.75. The van der Waals surface area contributed by atoms with E-state index < -0.39 is 0 Å². The van der Waals surface area contributed by atoms with Crippen molar-refractivity contribution < 1.29 is 9.32 Å². The van der Waals surface area contributed by atoms with E-state index in [1.54, 1.807) is 12.1 Å². The monoisotopic (exact) mass is 348 g/mol. The minimum Gasteiger partial charge on any atom is -0.338 e. The van der Waals surface area contributed by atoms with Crippen LogP contribution in [0, 0.1) is 6.92 Å². The summed E-state index contributed by atoms with van der Waals surface area (Å²) in [7, 11) is 0. The van der Waals surface area contributed by atoms with Crippen molar-refractivity contribution in [3.05, 3.63) is 56.3 Å². The molecule has 118 valence electrons. The molecule has 0 bridgehead atoms. The summed E-state index contributed by atoms with van der Waals surface area (Å²) in [4.78, 5) is 12.6. The fourth-order valence-corrected chi connectivity index (χ4v) is 3.98. The zero-order chi connectivity index (χ0) is 16.1. The molecule has 1 atom stereocenters. The molecule has 0 radical (unpaired) electrons. The number of halogens is 2. The van der Waals surface area contributed by atoms with Crippen molar-refractivity contribution >= 4 is 34.9 Å². The Kier molecular flexibility index (Phi) is 3.47. The molecule has 23 heavy (non-hydrogen) atoms. The van der Waals surface area contributed by atoms with E-state index in [2.05, 4.69) is 10.5 Å². The van der Waals surface area contributed by atoms with Gasteiger partial charge in [-0.05, 0) is 37.5 Å². The first-order valence-electron chi connectivity index (χ1n) is 7.50. The third-order valence-corrected chi connectivity index (χ3v) is 5.04. The summed E-state index contributed by atoms with van der Waals surface area (Å²) in [6.07, 6.45) is 2.22. The van der Waals surface area contributed by atoms with E-state index in [-0.39, 0.29) is 11.7 Å². The summed E-state index contributed by atoms with van der Waals surface area (Å²) in [6.45, 7) is 1.87. The van der Waals surface area contributed by atoms with Crippen LogP contribution in [0.4, 0.5) is 5.88 Å². The fraction of sp³-hybridized carbons (Fsp3) is 0.294. The molecule has 1 aliphatic carbocycles. The molecule has 2 aliphatic rings. The molecule has 1 aromatic carbocycles. The lowest BCUT2D eigenvalue weighted by molar-refractivity contribution is -0.116. The molecular weight excluding hydrogens is 335 g/mol. The van der Waals surface area contributed by atoms with Crippen LogP contribution in [-0.2, 0) is 4.79 Å². The molecular formula is C17H14Cl2N2O2. The van der Waals surface area contributed by atoms with Crippen LogP contribution < -0.4 is 5.32 Å². The van der Waals surface area contributed by atoms with Crippen molar-refractivity contribution in [2.75, 3.05) is 5.32 Å². The number of nitrogens with zero attached hydrogens (tertiary/aromatic N) is 1. The van der Waals surface area contributed by atoms with Crippen LogP contribution in [-0.4, -0.2) is 10.9 Å². The van der Waals surface area contributed by atoms with Crippen LogP contribution in [0.2, 0.25) is 10.0 Å². The highest BCUT2D eigenvalue weighted by Crippen LogP contribution is 2.48. The van der Waals surface area contributed by atoms with Crippen molar-refractivity contribution in [2.24, 2.45) is 0 Å². The van der Waals surface area contributed by atoms with Crippen LogP contribution in [0.25, 0.3) is 0 Å². The Morgan fingerprint density at radius 1 is 1.30 bits per heavy atom. The van der Waals surface area contributed by atoms with Gasteiger partial charge < -0.3 is 9.84 Å². The predicted molar refractivity (Wildman–Crippen MR) is 89.1 cm³/mol. The van der Waals surface area contributed by atoms with Crippen molar-refractivity contribution in [2.45, 2.75) is 32.1 Å². The Morgan fingerprint density at radius 3 is 2.91 bits per heavy atom. The molecule has 0 saturated carbocycles. The van der Waals surface area contributed by atoms with E-state index in [1.807, 2.05) is 13.0 Å². The van der Waals surface area contributed by atoms with Crippen molar-refractivity contribution in [3.8, 4) is 0 Å². The van der Waals surface area contributed by atoms with E-state index in [1.165, 1.54) is 0 Å². The van der Waals surface area contributed by atoms with E-state index >= 15 is 0 Å². The van der Waals surface area contributed by atoms with Gasteiger partial charge in [0, 0.05) is 33.7 Å². The van der Waals surface area contributed by atoms with E-state index in [4.69, 9.17) is 27.7 Å². The maximum Gasteiger partial charge on any atom is 0.233 e. The van der Waals surface area contributed by atoms with Crippen molar-refractivity contribution in [3.63, 3.8) is 0 Å². The second kappa shape index (κ2) is 5.39. The number of anilines is 1. The Balaban J connectivity index is 1.98. The first kappa shape index (κ1) is 14.8.